The molecule has 1 aliphatic carbocycles. The fraction of sp³-hybridized carbons (Fsp3) is 0.750. The molecule has 1 N–H and O–H groups in total. The Morgan fingerprint density at radius 2 is 2.33 bits per heavy atom. The highest BCUT2D eigenvalue weighted by molar-refractivity contribution is 5.81. The van der Waals surface area contributed by atoms with Gasteiger partial charge in [-0.15, -0.1) is 0 Å². The number of nitrogens with zero attached hydrogens (tertiary/aromatic N) is 3. The summed E-state index contributed by atoms with van der Waals surface area (Å²) in [7, 11) is 1.68. The van der Waals surface area contributed by atoms with Crippen LogP contribution in [0.5, 0.6) is 0 Å². The van der Waals surface area contributed by atoms with Crippen molar-refractivity contribution in [3.8, 4) is 0 Å². The van der Waals surface area contributed by atoms with E-state index >= 15 is 0 Å². The number of carbonyl (C=O) groups is 1. The minimum Gasteiger partial charge on any atom is -0.358 e. The molecule has 1 aromatic heterocycles. The van der Waals surface area contributed by atoms with Crippen LogP contribution in [0.25, 0.3) is 0 Å². The largest absolute Gasteiger partial charge is 0.358 e. The lowest BCUT2D eigenvalue weighted by Crippen LogP contribution is -2.41. The molecule has 2 aliphatic rings. The summed E-state index contributed by atoms with van der Waals surface area (Å²) >= 11 is 0. The number of likely N-dealkylation sites (tertiary alicyclic amines) is 1. The molecule has 98 valence electrons. The molecule has 0 bridgehead atoms. The summed E-state index contributed by atoms with van der Waals surface area (Å²) < 4.78 is 5.26. The average Bonchev–Trinajstić information content (AvgIpc) is 2.96. The van der Waals surface area contributed by atoms with Crippen LogP contribution in [-0.4, -0.2) is 40.6 Å². The van der Waals surface area contributed by atoms with Gasteiger partial charge in [-0.25, -0.2) is 0 Å². The molecule has 1 unspecified atom stereocenters. The van der Waals surface area contributed by atoms with E-state index in [1.54, 1.807) is 7.05 Å². The highest BCUT2D eigenvalue weighted by Crippen LogP contribution is 2.38. The van der Waals surface area contributed by atoms with E-state index in [1.165, 1.54) is 12.8 Å². The fourth-order valence-electron chi connectivity index (χ4n) is 2.49. The van der Waals surface area contributed by atoms with Gasteiger partial charge in [0, 0.05) is 13.0 Å². The van der Waals surface area contributed by atoms with Crippen LogP contribution in [0.4, 0.5) is 0 Å². The van der Waals surface area contributed by atoms with E-state index in [1.807, 2.05) is 0 Å². The Kier molecular flexibility index (Phi) is 3.03. The molecule has 0 spiro atoms. The highest BCUT2D eigenvalue weighted by Gasteiger charge is 2.32. The molecule has 1 saturated heterocycles. The molecular formula is C12H18N4O2. The molecule has 3 rings (SSSR count). The molecule has 1 atom stereocenters. The molecule has 0 aromatic carbocycles. The van der Waals surface area contributed by atoms with Gasteiger partial charge in [0.2, 0.25) is 11.8 Å². The number of aromatic nitrogens is 2. The Bertz CT molecular complexity index is 441. The van der Waals surface area contributed by atoms with E-state index < -0.39 is 0 Å². The smallest absolute Gasteiger partial charge is 0.240 e. The van der Waals surface area contributed by atoms with Crippen molar-refractivity contribution in [3.05, 3.63) is 11.7 Å². The molecule has 0 radical (unpaired) electrons. The lowest BCUT2D eigenvalue weighted by atomic mass is 10.2. The van der Waals surface area contributed by atoms with E-state index in [4.69, 9.17) is 4.52 Å². The third-order valence-corrected chi connectivity index (χ3v) is 3.68. The molecule has 1 aromatic rings. The van der Waals surface area contributed by atoms with Gasteiger partial charge in [0.05, 0.1) is 12.6 Å². The van der Waals surface area contributed by atoms with Crippen molar-refractivity contribution in [1.82, 2.24) is 20.4 Å². The van der Waals surface area contributed by atoms with Gasteiger partial charge in [-0.3, -0.25) is 9.69 Å². The molecule has 1 aliphatic heterocycles. The van der Waals surface area contributed by atoms with Gasteiger partial charge in [0.25, 0.3) is 0 Å². The number of hydrogen-bond donors (Lipinski definition) is 1. The first kappa shape index (κ1) is 11.6. The molecular weight excluding hydrogens is 232 g/mol. The van der Waals surface area contributed by atoms with Crippen LogP contribution in [0.1, 0.15) is 43.3 Å². The number of nitrogens with one attached hydrogen (secondary N) is 1. The van der Waals surface area contributed by atoms with Crippen molar-refractivity contribution in [2.75, 3.05) is 13.6 Å². The van der Waals surface area contributed by atoms with Crippen LogP contribution in [-0.2, 0) is 11.3 Å². The summed E-state index contributed by atoms with van der Waals surface area (Å²) in [4.78, 5) is 18.2. The lowest BCUT2D eigenvalue weighted by molar-refractivity contribution is -0.125. The first-order chi connectivity index (χ1) is 8.78. The summed E-state index contributed by atoms with van der Waals surface area (Å²) in [6.45, 7) is 1.50. The standard InChI is InChI=1S/C12H18N4O2/c1-13-12(17)9-3-2-6-16(9)7-10-14-11(15-18-10)8-4-5-8/h8-9H,2-7H2,1H3,(H,13,17). The second-order valence-electron chi connectivity index (χ2n) is 5.06. The summed E-state index contributed by atoms with van der Waals surface area (Å²) in [6.07, 6.45) is 4.29. The van der Waals surface area contributed by atoms with Crippen molar-refractivity contribution >= 4 is 5.91 Å². The molecule has 6 heteroatoms. The van der Waals surface area contributed by atoms with Crippen LogP contribution >= 0.6 is 0 Å². The summed E-state index contributed by atoms with van der Waals surface area (Å²) in [5.74, 6) is 2.05. The lowest BCUT2D eigenvalue weighted by Gasteiger charge is -2.20. The van der Waals surface area contributed by atoms with Gasteiger partial charge < -0.3 is 9.84 Å². The van der Waals surface area contributed by atoms with Crippen molar-refractivity contribution in [2.45, 2.75) is 44.2 Å². The second kappa shape index (κ2) is 4.68. The topological polar surface area (TPSA) is 71.3 Å². The minimum atomic E-state index is -0.0497. The number of rotatable bonds is 4. The van der Waals surface area contributed by atoms with E-state index in [0.29, 0.717) is 18.4 Å². The van der Waals surface area contributed by atoms with Crippen molar-refractivity contribution < 1.29 is 9.32 Å². The van der Waals surface area contributed by atoms with Gasteiger partial charge in [-0.2, -0.15) is 4.98 Å². The average molecular weight is 250 g/mol. The number of hydrogen-bond acceptors (Lipinski definition) is 5. The van der Waals surface area contributed by atoms with Crippen LogP contribution in [0, 0.1) is 0 Å². The third kappa shape index (κ3) is 2.25. The maximum Gasteiger partial charge on any atom is 0.240 e. The van der Waals surface area contributed by atoms with Crippen LogP contribution in [0.3, 0.4) is 0 Å². The second-order valence-corrected chi connectivity index (χ2v) is 5.06. The maximum absolute atomic E-state index is 11.7. The van der Waals surface area contributed by atoms with Crippen LogP contribution < -0.4 is 5.32 Å². The minimum absolute atomic E-state index is 0.0497. The summed E-state index contributed by atoms with van der Waals surface area (Å²) in [5, 5.41) is 6.71. The van der Waals surface area contributed by atoms with Gasteiger partial charge in [0.15, 0.2) is 5.82 Å². The molecule has 1 saturated carbocycles. The normalized spacial score (nSPS) is 24.4. The van der Waals surface area contributed by atoms with Crippen LogP contribution in [0.2, 0.25) is 0 Å². The Labute approximate surface area is 106 Å². The van der Waals surface area contributed by atoms with Gasteiger partial charge in [-0.05, 0) is 32.2 Å². The van der Waals surface area contributed by atoms with E-state index in [2.05, 4.69) is 20.4 Å². The SMILES string of the molecule is CNC(=O)C1CCCN1Cc1nc(C2CC2)no1. The zero-order valence-electron chi connectivity index (χ0n) is 10.6. The molecule has 18 heavy (non-hydrogen) atoms. The van der Waals surface area contributed by atoms with E-state index in [9.17, 15) is 4.79 Å². The van der Waals surface area contributed by atoms with Crippen molar-refractivity contribution in [1.29, 1.82) is 0 Å². The summed E-state index contributed by atoms with van der Waals surface area (Å²) in [5.41, 5.74) is 0. The number of amides is 1. The van der Waals surface area contributed by atoms with Gasteiger partial charge in [-0.1, -0.05) is 5.16 Å². The van der Waals surface area contributed by atoms with Crippen LogP contribution in [0.15, 0.2) is 4.52 Å². The fourth-order valence-corrected chi connectivity index (χ4v) is 2.49. The zero-order valence-corrected chi connectivity index (χ0v) is 10.6. The van der Waals surface area contributed by atoms with Crippen molar-refractivity contribution in [2.24, 2.45) is 0 Å². The molecule has 1 amide bonds. The first-order valence-electron chi connectivity index (χ1n) is 6.56. The third-order valence-electron chi connectivity index (χ3n) is 3.68. The predicted molar refractivity (Wildman–Crippen MR) is 63.8 cm³/mol. The first-order valence-corrected chi connectivity index (χ1v) is 6.56. The Morgan fingerprint density at radius 1 is 1.50 bits per heavy atom. The maximum atomic E-state index is 11.7. The molecule has 2 heterocycles. The number of carbonyl (C=O) groups excluding carboxylic acids is 1. The molecule has 6 nitrogen and oxygen atoms in total. The monoisotopic (exact) mass is 250 g/mol. The number of likely N-dealkylation sites (N-methyl/N-ethyl adjacent to an activating group) is 1. The highest BCUT2D eigenvalue weighted by atomic mass is 16.5. The van der Waals surface area contributed by atoms with E-state index in [0.717, 1.165) is 25.2 Å². The Hall–Kier alpha value is -1.43. The Balaban J connectivity index is 1.65. The molecule has 2 fully saturated rings. The quantitative estimate of drug-likeness (QED) is 0.850. The Morgan fingerprint density at radius 3 is 3.06 bits per heavy atom. The van der Waals surface area contributed by atoms with Gasteiger partial charge in [0.1, 0.15) is 0 Å². The summed E-state index contributed by atoms with van der Waals surface area (Å²) in [6, 6.07) is -0.0497. The zero-order chi connectivity index (χ0) is 12.5. The van der Waals surface area contributed by atoms with E-state index in [-0.39, 0.29) is 11.9 Å². The van der Waals surface area contributed by atoms with Crippen molar-refractivity contribution in [3.63, 3.8) is 0 Å². The van der Waals surface area contributed by atoms with Gasteiger partial charge >= 0.3 is 0 Å². The predicted octanol–water partition coefficient (Wildman–Crippen LogP) is 0.657.